The average molecular weight is 1110 g/mol. The molecule has 4 atom stereocenters. The number of ether oxygens (including phenoxy) is 2. The molecule has 0 heterocycles. The van der Waals surface area contributed by atoms with E-state index in [1.807, 2.05) is 0 Å². The summed E-state index contributed by atoms with van der Waals surface area (Å²) in [6.07, 6.45) is 49.0. The van der Waals surface area contributed by atoms with Gasteiger partial charge in [0.2, 0.25) is 17.7 Å². The SMILES string of the molecule is CCCCCCCCCCCCCCCC(=O)NC(CS[C@](C)(COC(=O)CCCCCCCCCCCCCCC)OC(=O)CCCCCCCCCCCCCCC)C(=O)NC(CO)C(=O)N[C@H](C=O)CCCCN. The van der Waals surface area contributed by atoms with E-state index in [0.29, 0.717) is 51.4 Å². The van der Waals surface area contributed by atoms with Crippen LogP contribution in [0, 0.1) is 0 Å². The number of unbranched alkanes of at least 4 members (excludes halogenated alkanes) is 37. The van der Waals surface area contributed by atoms with Gasteiger partial charge in [0.25, 0.3) is 0 Å². The first-order valence-electron chi connectivity index (χ1n) is 32.2. The summed E-state index contributed by atoms with van der Waals surface area (Å²) in [5, 5.41) is 18.3. The fourth-order valence-corrected chi connectivity index (χ4v) is 10.7. The number of carbonyl (C=O) groups is 6. The summed E-state index contributed by atoms with van der Waals surface area (Å²) < 4.78 is 11.9. The van der Waals surface area contributed by atoms with Gasteiger partial charge in [0.15, 0.2) is 4.93 Å². The van der Waals surface area contributed by atoms with Gasteiger partial charge in [-0.05, 0) is 52.0 Å². The Balaban J connectivity index is 5.75. The molecule has 0 saturated carbocycles. The highest BCUT2D eigenvalue weighted by atomic mass is 32.2. The summed E-state index contributed by atoms with van der Waals surface area (Å²) in [5.41, 5.74) is 5.61. The standard InChI is InChI=1S/C63H120N4O9S/c1-5-8-11-14-17-20-23-26-29-32-35-38-41-47-58(70)66-57(62(74)67-56(52-69)61(73)65-55(51-68)46-44-45-50-64)53-77-63(4,76-60(72)49-43-40-37-34-31-28-25-22-19-16-13-10-7-3)54-75-59(71)48-42-39-36-33-30-27-24-21-18-15-12-9-6-2/h51,55-57,69H,5-50,52-54,64H2,1-4H3,(H,65,73)(H,66,70)(H,67,74)/t55-,56?,57?,63+/m0/s1. The number of nitrogens with two attached hydrogens (primary N) is 1. The lowest BCUT2D eigenvalue weighted by atomic mass is 10.0. The quantitative estimate of drug-likeness (QED) is 0.0168. The Bertz CT molecular complexity index is 1420. The number of esters is 2. The lowest BCUT2D eigenvalue weighted by Crippen LogP contribution is -2.57. The van der Waals surface area contributed by atoms with Crippen LogP contribution in [0.5, 0.6) is 0 Å². The second-order valence-corrected chi connectivity index (χ2v) is 23.9. The zero-order chi connectivity index (χ0) is 56.7. The van der Waals surface area contributed by atoms with Crippen molar-refractivity contribution in [2.75, 3.05) is 25.5 Å². The largest absolute Gasteiger partial charge is 0.460 e. The van der Waals surface area contributed by atoms with Crippen LogP contribution in [0.4, 0.5) is 0 Å². The highest BCUT2D eigenvalue weighted by Crippen LogP contribution is 2.30. The molecule has 0 fully saturated rings. The molecule has 0 rings (SSSR count). The molecule has 0 aromatic rings. The zero-order valence-electron chi connectivity index (χ0n) is 50.2. The number of aldehydes is 1. The average Bonchev–Trinajstić information content (AvgIpc) is 3.42. The van der Waals surface area contributed by atoms with E-state index in [0.717, 1.165) is 69.5 Å². The third-order valence-corrected chi connectivity index (χ3v) is 16.1. The summed E-state index contributed by atoms with van der Waals surface area (Å²) >= 11 is 1.08. The number of hydrogen-bond donors (Lipinski definition) is 5. The molecule has 0 aliphatic heterocycles. The van der Waals surface area contributed by atoms with Gasteiger partial charge in [-0.2, -0.15) is 0 Å². The van der Waals surface area contributed by atoms with Gasteiger partial charge < -0.3 is 41.1 Å². The molecule has 13 nitrogen and oxygen atoms in total. The molecule has 0 radical (unpaired) electrons. The normalized spacial score (nSPS) is 13.3. The highest BCUT2D eigenvalue weighted by Gasteiger charge is 2.35. The van der Waals surface area contributed by atoms with Crippen LogP contribution in [0.2, 0.25) is 0 Å². The molecule has 0 aromatic carbocycles. The molecule has 2 unspecified atom stereocenters. The van der Waals surface area contributed by atoms with Crippen molar-refractivity contribution in [2.24, 2.45) is 5.73 Å². The maximum Gasteiger partial charge on any atom is 0.307 e. The number of hydrogen-bond acceptors (Lipinski definition) is 11. The van der Waals surface area contributed by atoms with Crippen molar-refractivity contribution >= 4 is 47.7 Å². The minimum Gasteiger partial charge on any atom is -0.460 e. The monoisotopic (exact) mass is 1110 g/mol. The molecule has 0 aromatic heterocycles. The molecular formula is C63H120N4O9S. The topological polar surface area (TPSA) is 203 Å². The molecule has 6 N–H and O–H groups in total. The van der Waals surface area contributed by atoms with E-state index < -0.39 is 47.4 Å². The van der Waals surface area contributed by atoms with Gasteiger partial charge in [0.05, 0.1) is 12.6 Å². The van der Waals surface area contributed by atoms with Crippen molar-refractivity contribution in [3.63, 3.8) is 0 Å². The Morgan fingerprint density at radius 2 is 0.844 bits per heavy atom. The number of amides is 3. The van der Waals surface area contributed by atoms with Crippen molar-refractivity contribution in [1.82, 2.24) is 16.0 Å². The van der Waals surface area contributed by atoms with E-state index >= 15 is 0 Å². The molecule has 3 amide bonds. The Morgan fingerprint density at radius 3 is 1.22 bits per heavy atom. The van der Waals surface area contributed by atoms with E-state index in [1.54, 1.807) is 6.92 Å². The van der Waals surface area contributed by atoms with Crippen LogP contribution in [0.25, 0.3) is 0 Å². The summed E-state index contributed by atoms with van der Waals surface area (Å²) in [4.78, 5) is 77.9. The van der Waals surface area contributed by atoms with Gasteiger partial charge in [-0.1, -0.05) is 252 Å². The number of rotatable bonds is 59. The Labute approximate surface area is 475 Å². The fraction of sp³-hybridized carbons (Fsp3) is 0.905. The maximum atomic E-state index is 14.1. The number of thioether (sulfide) groups is 1. The second-order valence-electron chi connectivity index (χ2n) is 22.5. The Hall–Kier alpha value is -2.71. The lowest BCUT2D eigenvalue weighted by molar-refractivity contribution is -0.161. The number of aliphatic hydroxyl groups is 1. The van der Waals surface area contributed by atoms with Gasteiger partial charge in [-0.15, -0.1) is 11.8 Å². The minimum absolute atomic E-state index is 0.0923. The van der Waals surface area contributed by atoms with Crippen LogP contribution in [0.1, 0.15) is 317 Å². The van der Waals surface area contributed by atoms with Gasteiger partial charge in [-0.25, -0.2) is 0 Å². The summed E-state index contributed by atoms with van der Waals surface area (Å²) in [5.74, 6) is -2.72. The van der Waals surface area contributed by atoms with Gasteiger partial charge >= 0.3 is 11.9 Å². The van der Waals surface area contributed by atoms with Gasteiger partial charge in [0.1, 0.15) is 25.0 Å². The van der Waals surface area contributed by atoms with Crippen molar-refractivity contribution in [2.45, 2.75) is 340 Å². The third kappa shape index (κ3) is 47.8. The van der Waals surface area contributed by atoms with E-state index in [-0.39, 0.29) is 43.5 Å². The number of carbonyl (C=O) groups excluding carboxylic acids is 6. The first-order chi connectivity index (χ1) is 37.5. The first kappa shape index (κ1) is 74.3. The van der Waals surface area contributed by atoms with Crippen molar-refractivity contribution in [3.8, 4) is 0 Å². The zero-order valence-corrected chi connectivity index (χ0v) is 51.0. The van der Waals surface area contributed by atoms with Gasteiger partial charge in [0, 0.05) is 25.0 Å². The number of aliphatic hydroxyl groups excluding tert-OH is 1. The maximum absolute atomic E-state index is 14.1. The van der Waals surface area contributed by atoms with Crippen LogP contribution in [0.15, 0.2) is 0 Å². The Kier molecular flexibility index (Phi) is 53.3. The van der Waals surface area contributed by atoms with E-state index in [4.69, 9.17) is 15.2 Å². The summed E-state index contributed by atoms with van der Waals surface area (Å²) in [6.45, 7) is 7.84. The molecule has 0 bridgehead atoms. The van der Waals surface area contributed by atoms with Crippen LogP contribution >= 0.6 is 11.8 Å². The minimum atomic E-state index is -1.40. The van der Waals surface area contributed by atoms with E-state index in [2.05, 4.69) is 36.7 Å². The molecule has 0 saturated heterocycles. The molecular weight excluding hydrogens is 989 g/mol. The van der Waals surface area contributed by atoms with Crippen LogP contribution in [-0.2, 0) is 38.2 Å². The summed E-state index contributed by atoms with van der Waals surface area (Å²) in [6, 6.07) is -3.43. The van der Waals surface area contributed by atoms with Gasteiger partial charge in [-0.3, -0.25) is 24.0 Å². The molecule has 0 spiro atoms. The third-order valence-electron chi connectivity index (χ3n) is 14.8. The van der Waals surface area contributed by atoms with E-state index in [9.17, 15) is 33.9 Å². The van der Waals surface area contributed by atoms with E-state index in [1.165, 1.54) is 173 Å². The molecule has 0 aliphatic rings. The highest BCUT2D eigenvalue weighted by molar-refractivity contribution is 8.00. The first-order valence-corrected chi connectivity index (χ1v) is 33.1. The smallest absolute Gasteiger partial charge is 0.307 e. The molecule has 14 heteroatoms. The summed E-state index contributed by atoms with van der Waals surface area (Å²) in [7, 11) is 0. The fourth-order valence-electron chi connectivity index (χ4n) is 9.70. The van der Waals surface area contributed by atoms with Crippen LogP contribution in [-0.4, -0.2) is 89.6 Å². The van der Waals surface area contributed by atoms with Crippen molar-refractivity contribution in [1.29, 1.82) is 0 Å². The van der Waals surface area contributed by atoms with Crippen LogP contribution < -0.4 is 21.7 Å². The Morgan fingerprint density at radius 1 is 0.481 bits per heavy atom. The number of nitrogens with one attached hydrogen (secondary N) is 3. The molecule has 0 aliphatic carbocycles. The lowest BCUT2D eigenvalue weighted by Gasteiger charge is -2.30. The van der Waals surface area contributed by atoms with Crippen molar-refractivity contribution in [3.05, 3.63) is 0 Å². The predicted molar refractivity (Wildman–Crippen MR) is 321 cm³/mol. The second kappa shape index (κ2) is 55.2. The predicted octanol–water partition coefficient (Wildman–Crippen LogP) is 14.7. The molecule has 452 valence electrons. The molecule has 77 heavy (non-hydrogen) atoms. The van der Waals surface area contributed by atoms with Crippen molar-refractivity contribution < 1.29 is 43.3 Å². The van der Waals surface area contributed by atoms with Crippen LogP contribution in [0.3, 0.4) is 0 Å².